The Kier molecular flexibility index (Phi) is 6.65. The van der Waals surface area contributed by atoms with Gasteiger partial charge in [-0.25, -0.2) is 15.0 Å². The van der Waals surface area contributed by atoms with Crippen LogP contribution in [0, 0.1) is 0 Å². The second kappa shape index (κ2) is 11.4. The van der Waals surface area contributed by atoms with Crippen LogP contribution in [-0.4, -0.2) is 15.0 Å². The van der Waals surface area contributed by atoms with Crippen molar-refractivity contribution in [3.05, 3.63) is 164 Å². The van der Waals surface area contributed by atoms with E-state index >= 15 is 0 Å². The third kappa shape index (κ3) is 5.05. The van der Waals surface area contributed by atoms with E-state index < -0.39 is 0 Å². The Bertz CT molecular complexity index is 2500. The quantitative estimate of drug-likeness (QED) is 0.193. The average Bonchev–Trinajstić information content (AvgIpc) is 3.54. The van der Waals surface area contributed by atoms with Crippen molar-refractivity contribution in [2.75, 3.05) is 0 Å². The second-order valence-corrected chi connectivity index (χ2v) is 12.7. The third-order valence-electron chi connectivity index (χ3n) is 8.69. The van der Waals surface area contributed by atoms with Crippen molar-refractivity contribution in [1.29, 1.82) is 0 Å². The van der Waals surface area contributed by atoms with Crippen LogP contribution in [0.2, 0.25) is 0 Å². The first-order chi connectivity index (χ1) is 23.3. The molecule has 0 aliphatic rings. The lowest BCUT2D eigenvalue weighted by atomic mass is 9.96. The maximum Gasteiger partial charge on any atom is 0.164 e. The molecule has 2 heterocycles. The molecule has 0 saturated carbocycles. The lowest BCUT2D eigenvalue weighted by Gasteiger charge is -2.13. The summed E-state index contributed by atoms with van der Waals surface area (Å²) in [6.07, 6.45) is 0. The molecule has 220 valence electrons. The monoisotopic (exact) mass is 617 g/mol. The van der Waals surface area contributed by atoms with Crippen molar-refractivity contribution in [3.8, 4) is 56.4 Å². The van der Waals surface area contributed by atoms with Gasteiger partial charge in [-0.2, -0.15) is 0 Å². The highest BCUT2D eigenvalue weighted by atomic mass is 32.1. The molecule has 0 N–H and O–H groups in total. The maximum atomic E-state index is 5.15. The van der Waals surface area contributed by atoms with Gasteiger partial charge >= 0.3 is 0 Å². The summed E-state index contributed by atoms with van der Waals surface area (Å²) in [4.78, 5) is 15.3. The number of thiophene rings is 1. The summed E-state index contributed by atoms with van der Waals surface area (Å²) < 4.78 is 2.61. The summed E-state index contributed by atoms with van der Waals surface area (Å²) in [5, 5.41) is 5.02. The standard InChI is InChI=1S/C43H27N3S/c1-4-12-28(13-5-1)33-25-34(29-14-6-2-7-15-29)27-35(26-33)43-45-41(30-16-8-3-9-17-30)44-42(46-43)32-21-22-36-31(24-32)20-23-38-37-18-10-11-19-39(37)47-40(36)38/h1-27H. The Morgan fingerprint density at radius 2 is 0.830 bits per heavy atom. The number of nitrogens with zero attached hydrogens (tertiary/aromatic N) is 3. The SMILES string of the molecule is c1ccc(-c2cc(-c3ccccc3)cc(-c3nc(-c4ccccc4)nc(-c4ccc5c(ccc6c7ccccc7sc56)c4)n3)c2)cc1. The van der Waals surface area contributed by atoms with Gasteiger partial charge in [-0.3, -0.25) is 0 Å². The molecule has 0 atom stereocenters. The van der Waals surface area contributed by atoms with Crippen LogP contribution in [0.25, 0.3) is 87.4 Å². The van der Waals surface area contributed by atoms with Gasteiger partial charge in [-0.05, 0) is 63.4 Å². The Balaban J connectivity index is 1.24. The molecule has 0 amide bonds. The lowest BCUT2D eigenvalue weighted by molar-refractivity contribution is 1.07. The predicted octanol–water partition coefficient (Wildman–Crippen LogP) is 11.7. The van der Waals surface area contributed by atoms with Gasteiger partial charge in [0.05, 0.1) is 0 Å². The minimum Gasteiger partial charge on any atom is -0.208 e. The summed E-state index contributed by atoms with van der Waals surface area (Å²) in [7, 11) is 0. The molecule has 47 heavy (non-hydrogen) atoms. The van der Waals surface area contributed by atoms with Crippen molar-refractivity contribution < 1.29 is 0 Å². The zero-order chi connectivity index (χ0) is 31.2. The molecule has 3 nitrogen and oxygen atoms in total. The topological polar surface area (TPSA) is 38.7 Å². The van der Waals surface area contributed by atoms with Crippen molar-refractivity contribution in [2.24, 2.45) is 0 Å². The van der Waals surface area contributed by atoms with E-state index in [4.69, 9.17) is 15.0 Å². The van der Waals surface area contributed by atoms with Gasteiger partial charge in [-0.1, -0.05) is 133 Å². The van der Waals surface area contributed by atoms with Gasteiger partial charge in [0.15, 0.2) is 17.5 Å². The molecular weight excluding hydrogens is 591 g/mol. The summed E-state index contributed by atoms with van der Waals surface area (Å²) in [5.74, 6) is 1.94. The van der Waals surface area contributed by atoms with E-state index in [1.165, 1.54) is 30.9 Å². The summed E-state index contributed by atoms with van der Waals surface area (Å²) in [6.45, 7) is 0. The highest BCUT2D eigenvalue weighted by molar-refractivity contribution is 7.26. The minimum atomic E-state index is 0.642. The first kappa shape index (κ1) is 27.3. The Morgan fingerprint density at radius 3 is 1.49 bits per heavy atom. The molecule has 2 aromatic heterocycles. The van der Waals surface area contributed by atoms with Gasteiger partial charge in [0.25, 0.3) is 0 Å². The van der Waals surface area contributed by atoms with Crippen molar-refractivity contribution in [1.82, 2.24) is 15.0 Å². The molecule has 4 heteroatoms. The van der Waals surface area contributed by atoms with Gasteiger partial charge in [0.2, 0.25) is 0 Å². The van der Waals surface area contributed by atoms with Crippen LogP contribution in [0.5, 0.6) is 0 Å². The number of hydrogen-bond donors (Lipinski definition) is 0. The smallest absolute Gasteiger partial charge is 0.164 e. The third-order valence-corrected chi connectivity index (χ3v) is 9.91. The van der Waals surface area contributed by atoms with Crippen LogP contribution in [-0.2, 0) is 0 Å². The van der Waals surface area contributed by atoms with Crippen molar-refractivity contribution in [3.63, 3.8) is 0 Å². The normalized spacial score (nSPS) is 11.4. The molecule has 0 aliphatic carbocycles. The molecule has 0 bridgehead atoms. The molecule has 0 unspecified atom stereocenters. The Morgan fingerprint density at radius 1 is 0.319 bits per heavy atom. The fourth-order valence-electron chi connectivity index (χ4n) is 6.35. The van der Waals surface area contributed by atoms with Crippen LogP contribution in [0.1, 0.15) is 0 Å². The van der Waals surface area contributed by atoms with E-state index in [1.54, 1.807) is 0 Å². The van der Waals surface area contributed by atoms with E-state index in [-0.39, 0.29) is 0 Å². The van der Waals surface area contributed by atoms with E-state index in [0.717, 1.165) is 38.9 Å². The Labute approximate surface area is 276 Å². The second-order valence-electron chi connectivity index (χ2n) is 11.7. The molecule has 0 radical (unpaired) electrons. The first-order valence-electron chi connectivity index (χ1n) is 15.7. The molecule has 0 fully saturated rings. The fourth-order valence-corrected chi connectivity index (χ4v) is 7.59. The van der Waals surface area contributed by atoms with Gasteiger partial charge < -0.3 is 0 Å². The molecule has 7 aromatic carbocycles. The summed E-state index contributed by atoms with van der Waals surface area (Å²) >= 11 is 1.85. The molecule has 0 aliphatic heterocycles. The molecule has 9 aromatic rings. The number of aromatic nitrogens is 3. The van der Waals surface area contributed by atoms with Crippen LogP contribution < -0.4 is 0 Å². The fraction of sp³-hybridized carbons (Fsp3) is 0. The predicted molar refractivity (Wildman–Crippen MR) is 197 cm³/mol. The zero-order valence-electron chi connectivity index (χ0n) is 25.3. The number of rotatable bonds is 5. The maximum absolute atomic E-state index is 5.15. The van der Waals surface area contributed by atoms with E-state index in [1.807, 2.05) is 41.7 Å². The molecule has 9 rings (SSSR count). The van der Waals surface area contributed by atoms with Crippen LogP contribution >= 0.6 is 11.3 Å². The van der Waals surface area contributed by atoms with Gasteiger partial charge in [0.1, 0.15) is 0 Å². The highest BCUT2D eigenvalue weighted by Crippen LogP contribution is 2.39. The highest BCUT2D eigenvalue weighted by Gasteiger charge is 2.16. The van der Waals surface area contributed by atoms with Crippen LogP contribution in [0.4, 0.5) is 0 Å². The van der Waals surface area contributed by atoms with Gasteiger partial charge in [-0.15, -0.1) is 11.3 Å². The Hall–Kier alpha value is -5.97. The number of fused-ring (bicyclic) bond motifs is 5. The first-order valence-corrected chi connectivity index (χ1v) is 16.5. The van der Waals surface area contributed by atoms with Crippen LogP contribution in [0.3, 0.4) is 0 Å². The molecule has 0 spiro atoms. The van der Waals surface area contributed by atoms with Crippen molar-refractivity contribution in [2.45, 2.75) is 0 Å². The molecular formula is C43H27N3S. The number of benzene rings is 7. The minimum absolute atomic E-state index is 0.642. The lowest BCUT2D eigenvalue weighted by Crippen LogP contribution is -2.00. The van der Waals surface area contributed by atoms with Crippen LogP contribution in [0.15, 0.2) is 164 Å². The number of hydrogen-bond acceptors (Lipinski definition) is 4. The van der Waals surface area contributed by atoms with E-state index in [9.17, 15) is 0 Å². The van der Waals surface area contributed by atoms with E-state index in [0.29, 0.717) is 17.5 Å². The largest absolute Gasteiger partial charge is 0.208 e. The van der Waals surface area contributed by atoms with Crippen molar-refractivity contribution >= 4 is 42.3 Å². The average molecular weight is 618 g/mol. The zero-order valence-corrected chi connectivity index (χ0v) is 26.2. The summed E-state index contributed by atoms with van der Waals surface area (Å²) in [5.41, 5.74) is 7.37. The van der Waals surface area contributed by atoms with Gasteiger partial charge in [0, 0.05) is 36.9 Å². The molecule has 0 saturated heterocycles. The summed E-state index contributed by atoms with van der Waals surface area (Å²) in [6, 6.07) is 57.4. The van der Waals surface area contributed by atoms with E-state index in [2.05, 4.69) is 133 Å².